The Morgan fingerprint density at radius 1 is 1.57 bits per heavy atom. The highest BCUT2D eigenvalue weighted by Gasteiger charge is 2.39. The van der Waals surface area contributed by atoms with Gasteiger partial charge < -0.3 is 5.73 Å². The monoisotopic (exact) mass is 332 g/mol. The molecule has 0 amide bonds. The van der Waals surface area contributed by atoms with Crippen molar-refractivity contribution in [3.05, 3.63) is 18.0 Å². The van der Waals surface area contributed by atoms with Crippen molar-refractivity contribution in [1.29, 1.82) is 0 Å². The van der Waals surface area contributed by atoms with Gasteiger partial charge in [-0.3, -0.25) is 9.58 Å². The molecule has 8 heteroatoms. The van der Waals surface area contributed by atoms with Crippen LogP contribution in [0.3, 0.4) is 0 Å². The van der Waals surface area contributed by atoms with Crippen molar-refractivity contribution in [3.63, 3.8) is 0 Å². The molecule has 3 atom stereocenters. The molecule has 2 heterocycles. The van der Waals surface area contributed by atoms with E-state index in [9.17, 15) is 8.42 Å². The molecule has 0 saturated carbocycles. The van der Waals surface area contributed by atoms with Gasteiger partial charge in [0.25, 0.3) is 0 Å². The molecule has 2 rings (SSSR count). The molecular weight excluding hydrogens is 308 g/mol. The lowest BCUT2D eigenvalue weighted by molar-refractivity contribution is 0.172. The van der Waals surface area contributed by atoms with E-state index in [4.69, 9.17) is 5.73 Å². The number of hydrogen-bond donors (Lipinski definition) is 1. The number of aryl methyl sites for hydroxylation is 1. The van der Waals surface area contributed by atoms with Gasteiger partial charge in [0.2, 0.25) is 0 Å². The van der Waals surface area contributed by atoms with Crippen molar-refractivity contribution in [2.45, 2.75) is 31.3 Å². The summed E-state index contributed by atoms with van der Waals surface area (Å²) in [7, 11) is -1.27. The molecule has 1 saturated heterocycles. The van der Waals surface area contributed by atoms with E-state index in [0.717, 1.165) is 17.9 Å². The predicted octanol–water partition coefficient (Wildman–Crippen LogP) is 0.618. The fourth-order valence-corrected chi connectivity index (χ4v) is 5.86. The molecule has 1 aliphatic heterocycles. The SMILES string of the molecule is CCS(=O)(=O)C1CSCCN1C(c1cnn(C)c1)C(C)N. The number of thioether (sulfide) groups is 1. The van der Waals surface area contributed by atoms with Crippen LogP contribution in [0.15, 0.2) is 12.4 Å². The van der Waals surface area contributed by atoms with E-state index in [1.807, 2.05) is 20.2 Å². The summed E-state index contributed by atoms with van der Waals surface area (Å²) in [6, 6.07) is -0.280. The average Bonchev–Trinajstić information content (AvgIpc) is 2.85. The summed E-state index contributed by atoms with van der Waals surface area (Å²) in [6.45, 7) is 4.36. The van der Waals surface area contributed by atoms with E-state index in [0.29, 0.717) is 5.75 Å². The number of sulfone groups is 1. The van der Waals surface area contributed by atoms with Gasteiger partial charge in [0, 0.05) is 48.7 Å². The van der Waals surface area contributed by atoms with Crippen molar-refractivity contribution < 1.29 is 8.42 Å². The molecule has 0 aliphatic carbocycles. The second-order valence-electron chi connectivity index (χ2n) is 5.47. The summed E-state index contributed by atoms with van der Waals surface area (Å²) in [5.41, 5.74) is 7.16. The minimum absolute atomic E-state index is 0.120. The Kier molecular flexibility index (Phi) is 5.34. The van der Waals surface area contributed by atoms with Crippen LogP contribution >= 0.6 is 11.8 Å². The van der Waals surface area contributed by atoms with E-state index >= 15 is 0 Å². The first-order valence-electron chi connectivity index (χ1n) is 7.16. The number of nitrogens with zero attached hydrogens (tertiary/aromatic N) is 3. The maximum Gasteiger partial charge on any atom is 0.166 e. The Hall–Kier alpha value is -0.570. The van der Waals surface area contributed by atoms with E-state index in [-0.39, 0.29) is 17.8 Å². The molecule has 0 spiro atoms. The molecule has 0 aromatic carbocycles. The highest BCUT2D eigenvalue weighted by atomic mass is 32.2. The molecule has 6 nitrogen and oxygen atoms in total. The predicted molar refractivity (Wildman–Crippen MR) is 86.9 cm³/mol. The summed E-state index contributed by atoms with van der Waals surface area (Å²) in [4.78, 5) is 2.05. The van der Waals surface area contributed by atoms with E-state index in [2.05, 4.69) is 10.00 Å². The minimum Gasteiger partial charge on any atom is -0.326 e. The van der Waals surface area contributed by atoms with Crippen LogP contribution in [-0.2, 0) is 16.9 Å². The standard InChI is InChI=1S/C13H24N4O2S2/c1-4-21(18,19)12-9-20-6-5-17(12)13(10(2)14)11-7-15-16(3)8-11/h7-8,10,12-13H,4-6,9,14H2,1-3H3. The minimum atomic E-state index is -3.13. The van der Waals surface area contributed by atoms with Crippen LogP contribution < -0.4 is 5.73 Å². The first-order chi connectivity index (χ1) is 9.86. The van der Waals surface area contributed by atoms with E-state index in [1.165, 1.54) is 0 Å². The molecule has 1 aromatic rings. The number of nitrogens with two attached hydrogens (primary N) is 1. The van der Waals surface area contributed by atoms with Gasteiger partial charge in [-0.1, -0.05) is 6.92 Å². The zero-order valence-corrected chi connectivity index (χ0v) is 14.4. The zero-order chi connectivity index (χ0) is 15.6. The molecule has 21 heavy (non-hydrogen) atoms. The highest BCUT2D eigenvalue weighted by molar-refractivity contribution is 8.01. The van der Waals surface area contributed by atoms with Crippen LogP contribution in [0.25, 0.3) is 0 Å². The van der Waals surface area contributed by atoms with Gasteiger partial charge in [-0.15, -0.1) is 0 Å². The van der Waals surface area contributed by atoms with Crippen LogP contribution in [-0.4, -0.2) is 58.3 Å². The van der Waals surface area contributed by atoms with Gasteiger partial charge in [-0.2, -0.15) is 16.9 Å². The van der Waals surface area contributed by atoms with Crippen molar-refractivity contribution in [3.8, 4) is 0 Å². The molecule has 3 unspecified atom stereocenters. The molecule has 0 bridgehead atoms. The van der Waals surface area contributed by atoms with E-state index in [1.54, 1.807) is 29.6 Å². The van der Waals surface area contributed by atoms with Crippen molar-refractivity contribution in [1.82, 2.24) is 14.7 Å². The normalized spacial score (nSPS) is 23.9. The Bertz CT molecular complexity index is 570. The summed E-state index contributed by atoms with van der Waals surface area (Å²) in [5.74, 6) is 1.70. The van der Waals surface area contributed by atoms with Crippen LogP contribution in [0.2, 0.25) is 0 Å². The van der Waals surface area contributed by atoms with Crippen molar-refractivity contribution in [2.75, 3.05) is 23.8 Å². The van der Waals surface area contributed by atoms with Gasteiger partial charge in [0.1, 0.15) is 5.37 Å². The summed E-state index contributed by atoms with van der Waals surface area (Å²) >= 11 is 1.70. The Labute approximate surface area is 131 Å². The maximum absolute atomic E-state index is 12.4. The van der Waals surface area contributed by atoms with Crippen LogP contribution in [0.4, 0.5) is 0 Å². The Morgan fingerprint density at radius 2 is 2.29 bits per heavy atom. The van der Waals surface area contributed by atoms with Crippen LogP contribution in [0.1, 0.15) is 25.5 Å². The summed E-state index contributed by atoms with van der Waals surface area (Å²) < 4.78 is 26.6. The second kappa shape index (κ2) is 6.68. The first kappa shape index (κ1) is 16.8. The third-order valence-electron chi connectivity index (χ3n) is 3.86. The topological polar surface area (TPSA) is 81.2 Å². The highest BCUT2D eigenvalue weighted by Crippen LogP contribution is 2.32. The summed E-state index contributed by atoms with van der Waals surface area (Å²) in [5, 5.41) is 3.74. The molecule has 1 fully saturated rings. The van der Waals surface area contributed by atoms with Gasteiger partial charge in [0.05, 0.1) is 12.2 Å². The number of hydrogen-bond acceptors (Lipinski definition) is 6. The zero-order valence-electron chi connectivity index (χ0n) is 12.8. The van der Waals surface area contributed by atoms with Crippen LogP contribution in [0.5, 0.6) is 0 Å². The summed E-state index contributed by atoms with van der Waals surface area (Å²) in [6.07, 6.45) is 3.71. The molecule has 0 radical (unpaired) electrons. The fourth-order valence-electron chi connectivity index (χ4n) is 2.80. The Balaban J connectivity index is 2.37. The molecule has 2 N–H and O–H groups in total. The Morgan fingerprint density at radius 3 is 2.81 bits per heavy atom. The maximum atomic E-state index is 12.4. The molecule has 1 aliphatic rings. The van der Waals surface area contributed by atoms with Gasteiger partial charge in [-0.05, 0) is 6.92 Å². The quantitative estimate of drug-likeness (QED) is 0.851. The smallest absolute Gasteiger partial charge is 0.166 e. The third-order valence-corrected chi connectivity index (χ3v) is 7.17. The lowest BCUT2D eigenvalue weighted by atomic mass is 10.0. The first-order valence-corrected chi connectivity index (χ1v) is 10.0. The van der Waals surface area contributed by atoms with Crippen molar-refractivity contribution in [2.24, 2.45) is 12.8 Å². The third kappa shape index (κ3) is 3.61. The second-order valence-corrected chi connectivity index (χ2v) is 9.07. The molecule has 1 aromatic heterocycles. The van der Waals surface area contributed by atoms with Gasteiger partial charge in [0.15, 0.2) is 9.84 Å². The molecular formula is C13H24N4O2S2. The van der Waals surface area contributed by atoms with Gasteiger partial charge in [-0.25, -0.2) is 8.42 Å². The molecule has 120 valence electrons. The van der Waals surface area contributed by atoms with Crippen molar-refractivity contribution >= 4 is 21.6 Å². The number of aromatic nitrogens is 2. The number of rotatable bonds is 5. The lowest BCUT2D eigenvalue weighted by Crippen LogP contribution is -2.52. The largest absolute Gasteiger partial charge is 0.326 e. The van der Waals surface area contributed by atoms with E-state index < -0.39 is 15.2 Å². The van der Waals surface area contributed by atoms with Gasteiger partial charge >= 0.3 is 0 Å². The lowest BCUT2D eigenvalue weighted by Gasteiger charge is -2.41. The fraction of sp³-hybridized carbons (Fsp3) is 0.769. The average molecular weight is 332 g/mol. The van der Waals surface area contributed by atoms with Crippen LogP contribution in [0, 0.1) is 0 Å².